The van der Waals surface area contributed by atoms with E-state index in [1.165, 1.54) is 0 Å². The lowest BCUT2D eigenvalue weighted by Crippen LogP contribution is -2.50. The number of aryl methyl sites for hydroxylation is 1. The minimum atomic E-state index is -0.529. The van der Waals surface area contributed by atoms with Gasteiger partial charge in [0.2, 0.25) is 5.91 Å². The van der Waals surface area contributed by atoms with Crippen molar-refractivity contribution in [1.82, 2.24) is 15.6 Å². The van der Waals surface area contributed by atoms with Crippen molar-refractivity contribution < 1.29 is 4.79 Å². The molecule has 84 valence electrons. The molecule has 0 atom stereocenters. The summed E-state index contributed by atoms with van der Waals surface area (Å²) in [7, 11) is 1.78. The number of aromatic nitrogens is 1. The number of rotatable bonds is 4. The van der Waals surface area contributed by atoms with E-state index in [0.717, 1.165) is 10.6 Å². The highest BCUT2D eigenvalue weighted by Crippen LogP contribution is 2.11. The van der Waals surface area contributed by atoms with E-state index in [2.05, 4.69) is 15.6 Å². The van der Waals surface area contributed by atoms with E-state index < -0.39 is 5.54 Å². The van der Waals surface area contributed by atoms with Gasteiger partial charge in [0.15, 0.2) is 0 Å². The molecule has 0 fully saturated rings. The monoisotopic (exact) mass is 227 g/mol. The molecule has 0 spiro atoms. The molecule has 1 rings (SSSR count). The standard InChI is InChI=1S/C10H17N3OS/c1-7-8(15-6-13-7)5-12-9(14)10(2,3)11-4/h6,11H,5H2,1-4H3,(H,12,14). The number of nitrogens with zero attached hydrogens (tertiary/aromatic N) is 1. The molecule has 0 aliphatic heterocycles. The zero-order chi connectivity index (χ0) is 11.5. The van der Waals surface area contributed by atoms with Gasteiger partial charge in [-0.1, -0.05) is 0 Å². The second-order valence-electron chi connectivity index (χ2n) is 3.92. The zero-order valence-electron chi connectivity index (χ0n) is 9.55. The fraction of sp³-hybridized carbons (Fsp3) is 0.600. The van der Waals surface area contributed by atoms with Gasteiger partial charge in [-0.25, -0.2) is 4.98 Å². The molecular formula is C10H17N3OS. The Hall–Kier alpha value is -0.940. The fourth-order valence-corrected chi connectivity index (χ4v) is 1.71. The normalized spacial score (nSPS) is 11.5. The third-order valence-electron chi connectivity index (χ3n) is 2.45. The molecule has 0 aromatic carbocycles. The minimum Gasteiger partial charge on any atom is -0.350 e. The van der Waals surface area contributed by atoms with Crippen molar-refractivity contribution in [2.24, 2.45) is 0 Å². The molecule has 4 nitrogen and oxygen atoms in total. The van der Waals surface area contributed by atoms with Gasteiger partial charge >= 0.3 is 0 Å². The van der Waals surface area contributed by atoms with Crippen molar-refractivity contribution in [2.75, 3.05) is 7.05 Å². The first kappa shape index (κ1) is 12.1. The van der Waals surface area contributed by atoms with Crippen molar-refractivity contribution in [3.63, 3.8) is 0 Å². The molecule has 1 amide bonds. The van der Waals surface area contributed by atoms with Crippen LogP contribution in [0.5, 0.6) is 0 Å². The lowest BCUT2D eigenvalue weighted by Gasteiger charge is -2.22. The predicted molar refractivity (Wildman–Crippen MR) is 61.8 cm³/mol. The second-order valence-corrected chi connectivity index (χ2v) is 4.86. The quantitative estimate of drug-likeness (QED) is 0.809. The van der Waals surface area contributed by atoms with Crippen LogP contribution in [0.3, 0.4) is 0 Å². The van der Waals surface area contributed by atoms with Crippen molar-refractivity contribution in [3.8, 4) is 0 Å². The Labute approximate surface area is 94.1 Å². The number of amides is 1. The van der Waals surface area contributed by atoms with Gasteiger partial charge in [0, 0.05) is 4.88 Å². The number of nitrogens with one attached hydrogen (secondary N) is 2. The number of carbonyl (C=O) groups is 1. The summed E-state index contributed by atoms with van der Waals surface area (Å²) in [5, 5.41) is 5.85. The maximum Gasteiger partial charge on any atom is 0.240 e. The van der Waals surface area contributed by atoms with E-state index in [1.54, 1.807) is 23.9 Å². The van der Waals surface area contributed by atoms with Crippen LogP contribution in [0.4, 0.5) is 0 Å². The summed E-state index contributed by atoms with van der Waals surface area (Å²) in [4.78, 5) is 16.9. The maximum absolute atomic E-state index is 11.7. The van der Waals surface area contributed by atoms with Gasteiger partial charge in [0.1, 0.15) is 0 Å². The summed E-state index contributed by atoms with van der Waals surface area (Å²) < 4.78 is 0. The number of hydrogen-bond donors (Lipinski definition) is 2. The lowest BCUT2D eigenvalue weighted by molar-refractivity contribution is -0.126. The van der Waals surface area contributed by atoms with Crippen molar-refractivity contribution >= 4 is 17.2 Å². The van der Waals surface area contributed by atoms with Crippen LogP contribution in [0.1, 0.15) is 24.4 Å². The Kier molecular flexibility index (Phi) is 3.82. The van der Waals surface area contributed by atoms with E-state index in [4.69, 9.17) is 0 Å². The molecule has 1 heterocycles. The molecule has 1 aromatic rings. The molecule has 0 aliphatic carbocycles. The van der Waals surface area contributed by atoms with Gasteiger partial charge in [-0.05, 0) is 27.8 Å². The molecule has 0 radical (unpaired) electrons. The number of carbonyl (C=O) groups excluding carboxylic acids is 1. The van der Waals surface area contributed by atoms with Crippen molar-refractivity contribution in [3.05, 3.63) is 16.1 Å². The Balaban J connectivity index is 2.52. The summed E-state index contributed by atoms with van der Waals surface area (Å²) in [6, 6.07) is 0. The first-order valence-corrected chi connectivity index (χ1v) is 5.71. The van der Waals surface area contributed by atoms with E-state index >= 15 is 0 Å². The van der Waals surface area contributed by atoms with Crippen molar-refractivity contribution in [2.45, 2.75) is 32.9 Å². The SMILES string of the molecule is CNC(C)(C)C(=O)NCc1scnc1C. The summed E-state index contributed by atoms with van der Waals surface area (Å²) in [6.45, 7) is 6.20. The van der Waals surface area contributed by atoms with Crippen LogP contribution >= 0.6 is 11.3 Å². The van der Waals surface area contributed by atoms with Crippen LogP contribution in [-0.4, -0.2) is 23.5 Å². The van der Waals surface area contributed by atoms with Crippen LogP contribution in [0.15, 0.2) is 5.51 Å². The van der Waals surface area contributed by atoms with Gasteiger partial charge < -0.3 is 10.6 Å². The molecule has 0 saturated carbocycles. The summed E-state index contributed by atoms with van der Waals surface area (Å²) in [6.07, 6.45) is 0. The lowest BCUT2D eigenvalue weighted by atomic mass is 10.1. The van der Waals surface area contributed by atoms with E-state index in [-0.39, 0.29) is 5.91 Å². The number of thiazole rings is 1. The van der Waals surface area contributed by atoms with Crippen LogP contribution in [0, 0.1) is 6.92 Å². The van der Waals surface area contributed by atoms with Gasteiger partial charge in [0.05, 0.1) is 23.3 Å². The predicted octanol–water partition coefficient (Wildman–Crippen LogP) is 1.07. The second kappa shape index (κ2) is 4.72. The highest BCUT2D eigenvalue weighted by Gasteiger charge is 2.24. The molecule has 5 heteroatoms. The number of likely N-dealkylation sites (N-methyl/N-ethyl adjacent to an activating group) is 1. The summed E-state index contributed by atoms with van der Waals surface area (Å²) in [5.74, 6) is -0.00204. The molecule has 2 N–H and O–H groups in total. The van der Waals surface area contributed by atoms with Crippen LogP contribution in [-0.2, 0) is 11.3 Å². The van der Waals surface area contributed by atoms with E-state index in [9.17, 15) is 4.79 Å². The average molecular weight is 227 g/mol. The number of hydrogen-bond acceptors (Lipinski definition) is 4. The Morgan fingerprint density at radius 1 is 1.60 bits per heavy atom. The molecule has 0 saturated heterocycles. The largest absolute Gasteiger partial charge is 0.350 e. The first-order chi connectivity index (χ1) is 6.97. The average Bonchev–Trinajstić information content (AvgIpc) is 2.60. The molecule has 0 unspecified atom stereocenters. The Morgan fingerprint density at radius 2 is 2.27 bits per heavy atom. The maximum atomic E-state index is 11.7. The van der Waals surface area contributed by atoms with Crippen LogP contribution in [0.2, 0.25) is 0 Å². The minimum absolute atomic E-state index is 0.00204. The molecule has 15 heavy (non-hydrogen) atoms. The Morgan fingerprint density at radius 3 is 2.73 bits per heavy atom. The van der Waals surface area contributed by atoms with E-state index in [0.29, 0.717) is 6.54 Å². The molecule has 1 aromatic heterocycles. The van der Waals surface area contributed by atoms with Gasteiger partial charge in [-0.2, -0.15) is 0 Å². The zero-order valence-corrected chi connectivity index (χ0v) is 10.4. The molecular weight excluding hydrogens is 210 g/mol. The third kappa shape index (κ3) is 3.00. The smallest absolute Gasteiger partial charge is 0.240 e. The van der Waals surface area contributed by atoms with E-state index in [1.807, 2.05) is 20.8 Å². The van der Waals surface area contributed by atoms with Gasteiger partial charge in [-0.15, -0.1) is 11.3 Å². The third-order valence-corrected chi connectivity index (χ3v) is 3.38. The van der Waals surface area contributed by atoms with Crippen LogP contribution < -0.4 is 10.6 Å². The van der Waals surface area contributed by atoms with Crippen LogP contribution in [0.25, 0.3) is 0 Å². The topological polar surface area (TPSA) is 54.0 Å². The summed E-state index contributed by atoms with van der Waals surface area (Å²) >= 11 is 1.56. The summed E-state index contributed by atoms with van der Waals surface area (Å²) in [5.41, 5.74) is 2.25. The first-order valence-electron chi connectivity index (χ1n) is 4.83. The molecule has 0 aliphatic rings. The fourth-order valence-electron chi connectivity index (χ4n) is 0.991. The highest BCUT2D eigenvalue weighted by molar-refractivity contribution is 7.09. The van der Waals surface area contributed by atoms with Gasteiger partial charge in [0.25, 0.3) is 0 Å². The highest BCUT2D eigenvalue weighted by atomic mass is 32.1. The Bertz CT molecular complexity index is 346. The van der Waals surface area contributed by atoms with Gasteiger partial charge in [-0.3, -0.25) is 4.79 Å². The molecule has 0 bridgehead atoms. The van der Waals surface area contributed by atoms with Crippen molar-refractivity contribution in [1.29, 1.82) is 0 Å².